The molecule has 22 heavy (non-hydrogen) atoms. The van der Waals surface area contributed by atoms with Crippen LogP contribution in [0.15, 0.2) is 0 Å². The Morgan fingerprint density at radius 2 is 0.727 bits per heavy atom. The summed E-state index contributed by atoms with van der Waals surface area (Å²) in [6.45, 7) is -2.25. The van der Waals surface area contributed by atoms with E-state index in [2.05, 4.69) is 0 Å². The topological polar surface area (TPSA) is 196 Å². The van der Waals surface area contributed by atoms with Crippen LogP contribution in [-0.4, -0.2) is 104 Å². The van der Waals surface area contributed by atoms with Crippen LogP contribution in [0.4, 0.5) is 0 Å². The van der Waals surface area contributed by atoms with Crippen molar-refractivity contribution in [3.05, 3.63) is 0 Å². The van der Waals surface area contributed by atoms with Gasteiger partial charge in [0.25, 0.3) is 0 Å². The molecule has 12 nitrogen and oxygen atoms in total. The average molecular weight is 326 g/mol. The van der Waals surface area contributed by atoms with E-state index in [1.807, 2.05) is 0 Å². The van der Waals surface area contributed by atoms with Crippen molar-refractivity contribution in [3.8, 4) is 0 Å². The van der Waals surface area contributed by atoms with E-state index in [1.165, 1.54) is 0 Å². The maximum Gasteiger partial charge on any atom is 0.317 e. The van der Waals surface area contributed by atoms with Crippen LogP contribution in [0.5, 0.6) is 0 Å². The standard InChI is InChI=1S/C10H16N2O8.H2O2/c13-7(14)3-11(4-8(15)16)1-2-12(5-9(17)18)6-10(19)20;1-2/h1-6H2,(H,13,14)(H,15,16)(H,17,18)(H,19,20);1-2H. The van der Waals surface area contributed by atoms with Crippen molar-refractivity contribution >= 4 is 23.9 Å². The number of carboxylic acids is 4. The van der Waals surface area contributed by atoms with Crippen molar-refractivity contribution in [2.45, 2.75) is 0 Å². The van der Waals surface area contributed by atoms with E-state index >= 15 is 0 Å². The molecular formula is C10H18N2O10. The van der Waals surface area contributed by atoms with E-state index in [-0.39, 0.29) is 13.1 Å². The second-order valence-electron chi connectivity index (χ2n) is 4.00. The summed E-state index contributed by atoms with van der Waals surface area (Å²) in [6, 6.07) is 0. The largest absolute Gasteiger partial charge is 0.480 e. The molecule has 0 fully saturated rings. The summed E-state index contributed by atoms with van der Waals surface area (Å²) in [6.07, 6.45) is 0. The molecule has 0 bridgehead atoms. The minimum atomic E-state index is -1.23. The van der Waals surface area contributed by atoms with Gasteiger partial charge in [0.05, 0.1) is 26.2 Å². The van der Waals surface area contributed by atoms with Crippen LogP contribution >= 0.6 is 0 Å². The molecule has 0 saturated carbocycles. The lowest BCUT2D eigenvalue weighted by Crippen LogP contribution is -2.43. The number of hydrogen-bond acceptors (Lipinski definition) is 8. The molecule has 0 radical (unpaired) electrons. The molecule has 6 N–H and O–H groups in total. The molecule has 0 aromatic heterocycles. The number of carboxylic acid groups (broad SMARTS) is 4. The quantitative estimate of drug-likeness (QED) is 0.180. The van der Waals surface area contributed by atoms with E-state index in [9.17, 15) is 19.2 Å². The Kier molecular flexibility index (Phi) is 12.5. The summed E-state index contributed by atoms with van der Waals surface area (Å²) in [7, 11) is 0. The summed E-state index contributed by atoms with van der Waals surface area (Å²) in [4.78, 5) is 44.4. The summed E-state index contributed by atoms with van der Waals surface area (Å²) >= 11 is 0. The van der Waals surface area contributed by atoms with E-state index in [0.717, 1.165) is 9.80 Å². The highest BCUT2D eigenvalue weighted by Gasteiger charge is 2.17. The first kappa shape index (κ1) is 22.0. The first-order chi connectivity index (χ1) is 10.2. The fourth-order valence-corrected chi connectivity index (χ4v) is 1.48. The minimum absolute atomic E-state index is 0.0703. The first-order valence-electron chi connectivity index (χ1n) is 5.72. The van der Waals surface area contributed by atoms with Crippen LogP contribution < -0.4 is 0 Å². The zero-order valence-corrected chi connectivity index (χ0v) is 11.5. The van der Waals surface area contributed by atoms with Gasteiger partial charge in [0.1, 0.15) is 0 Å². The molecule has 0 aromatic rings. The minimum Gasteiger partial charge on any atom is -0.480 e. The van der Waals surface area contributed by atoms with Crippen molar-refractivity contribution in [3.63, 3.8) is 0 Å². The van der Waals surface area contributed by atoms with E-state index < -0.39 is 50.1 Å². The van der Waals surface area contributed by atoms with Crippen LogP contribution in [0.1, 0.15) is 0 Å². The van der Waals surface area contributed by atoms with E-state index in [4.69, 9.17) is 30.9 Å². The highest BCUT2D eigenvalue weighted by molar-refractivity contribution is 5.73. The van der Waals surface area contributed by atoms with Crippen LogP contribution in [-0.2, 0) is 19.2 Å². The number of carbonyl (C=O) groups is 4. The predicted octanol–water partition coefficient (Wildman–Crippen LogP) is -2.05. The average Bonchev–Trinajstić information content (AvgIpc) is 2.35. The molecule has 0 saturated heterocycles. The Morgan fingerprint density at radius 3 is 0.864 bits per heavy atom. The Morgan fingerprint density at radius 1 is 0.545 bits per heavy atom. The van der Waals surface area contributed by atoms with Gasteiger partial charge in [-0.2, -0.15) is 0 Å². The van der Waals surface area contributed by atoms with E-state index in [0.29, 0.717) is 0 Å². The van der Waals surface area contributed by atoms with Crippen LogP contribution in [0.25, 0.3) is 0 Å². The van der Waals surface area contributed by atoms with Crippen LogP contribution in [0.3, 0.4) is 0 Å². The lowest BCUT2D eigenvalue weighted by molar-refractivity contribution is -0.176. The Bertz CT molecular complexity index is 318. The number of aliphatic carboxylic acids is 4. The van der Waals surface area contributed by atoms with Crippen molar-refractivity contribution in [1.29, 1.82) is 0 Å². The first-order valence-corrected chi connectivity index (χ1v) is 5.72. The van der Waals surface area contributed by atoms with Gasteiger partial charge >= 0.3 is 23.9 Å². The van der Waals surface area contributed by atoms with Crippen LogP contribution in [0, 0.1) is 0 Å². The molecule has 0 aliphatic carbocycles. The molecule has 0 spiro atoms. The molecule has 0 atom stereocenters. The van der Waals surface area contributed by atoms with Gasteiger partial charge in [-0.1, -0.05) is 0 Å². The summed E-state index contributed by atoms with van der Waals surface area (Å²) in [5.74, 6) is -4.91. The molecule has 0 unspecified atom stereocenters. The maximum atomic E-state index is 10.6. The molecule has 0 aliphatic heterocycles. The highest BCUT2D eigenvalue weighted by atomic mass is 17.0. The monoisotopic (exact) mass is 326 g/mol. The third-order valence-corrected chi connectivity index (χ3v) is 2.17. The predicted molar refractivity (Wildman–Crippen MR) is 68.7 cm³/mol. The maximum absolute atomic E-state index is 10.6. The molecule has 12 heteroatoms. The Hall–Kier alpha value is -2.28. The van der Waals surface area contributed by atoms with Gasteiger partial charge in [0.15, 0.2) is 0 Å². The fraction of sp³-hybridized carbons (Fsp3) is 0.600. The smallest absolute Gasteiger partial charge is 0.317 e. The third kappa shape index (κ3) is 14.1. The second kappa shape index (κ2) is 12.5. The lowest BCUT2D eigenvalue weighted by atomic mass is 10.4. The molecule has 0 aromatic carbocycles. The second-order valence-corrected chi connectivity index (χ2v) is 4.00. The molecule has 0 rings (SSSR count). The fourth-order valence-electron chi connectivity index (χ4n) is 1.48. The molecule has 0 amide bonds. The summed E-state index contributed by atoms with van der Waals surface area (Å²) < 4.78 is 0. The highest BCUT2D eigenvalue weighted by Crippen LogP contribution is 1.94. The van der Waals surface area contributed by atoms with Gasteiger partial charge in [0, 0.05) is 13.1 Å². The SMILES string of the molecule is O=C(O)CN(CCN(CC(=O)O)CC(=O)O)CC(=O)O.OO. The third-order valence-electron chi connectivity index (χ3n) is 2.17. The lowest BCUT2D eigenvalue weighted by Gasteiger charge is -2.23. The van der Waals surface area contributed by atoms with Crippen LogP contribution in [0.2, 0.25) is 0 Å². The zero-order chi connectivity index (χ0) is 17.7. The molecule has 0 aliphatic rings. The number of rotatable bonds is 11. The van der Waals surface area contributed by atoms with Gasteiger partial charge in [-0.25, -0.2) is 0 Å². The van der Waals surface area contributed by atoms with E-state index in [1.54, 1.807) is 0 Å². The van der Waals surface area contributed by atoms with Gasteiger partial charge in [-0.3, -0.25) is 39.5 Å². The summed E-state index contributed by atoms with van der Waals surface area (Å²) in [5, 5.41) is 46.5. The van der Waals surface area contributed by atoms with Crippen molar-refractivity contribution < 1.29 is 50.1 Å². The van der Waals surface area contributed by atoms with Gasteiger partial charge in [0.2, 0.25) is 0 Å². The van der Waals surface area contributed by atoms with Gasteiger partial charge < -0.3 is 20.4 Å². The van der Waals surface area contributed by atoms with Gasteiger partial charge in [-0.05, 0) is 0 Å². The van der Waals surface area contributed by atoms with Crippen molar-refractivity contribution in [1.82, 2.24) is 9.80 Å². The summed E-state index contributed by atoms with van der Waals surface area (Å²) in [5.41, 5.74) is 0. The number of hydrogen-bond donors (Lipinski definition) is 6. The van der Waals surface area contributed by atoms with Gasteiger partial charge in [-0.15, -0.1) is 0 Å². The Labute approximate surface area is 124 Å². The molecule has 0 heterocycles. The zero-order valence-electron chi connectivity index (χ0n) is 11.5. The molecule has 128 valence electrons. The number of nitrogens with zero attached hydrogens (tertiary/aromatic N) is 2. The normalized spacial score (nSPS) is 10.0. The van der Waals surface area contributed by atoms with Crippen molar-refractivity contribution in [2.75, 3.05) is 39.3 Å². The Balaban J connectivity index is 0. The van der Waals surface area contributed by atoms with Crippen molar-refractivity contribution in [2.24, 2.45) is 0 Å². The molecular weight excluding hydrogens is 308 g/mol.